The first-order valence-electron chi connectivity index (χ1n) is 6.33. The zero-order chi connectivity index (χ0) is 13.8. The summed E-state index contributed by atoms with van der Waals surface area (Å²) in [5.74, 6) is -0.498. The van der Waals surface area contributed by atoms with Gasteiger partial charge in [-0.25, -0.2) is 4.21 Å². The molecule has 0 radical (unpaired) electrons. The number of hydrogen-bond acceptors (Lipinski definition) is 3. The Labute approximate surface area is 115 Å². The van der Waals surface area contributed by atoms with E-state index in [0.29, 0.717) is 11.1 Å². The van der Waals surface area contributed by atoms with Gasteiger partial charge in [-0.1, -0.05) is 0 Å². The quantitative estimate of drug-likeness (QED) is 0.820. The molecule has 1 aliphatic rings. The number of piperidine rings is 1. The number of benzene rings is 1. The minimum absolute atomic E-state index is 0.0208. The molecule has 1 aliphatic heterocycles. The van der Waals surface area contributed by atoms with Crippen molar-refractivity contribution in [2.75, 3.05) is 18.0 Å². The van der Waals surface area contributed by atoms with Crippen LogP contribution < -0.4 is 10.6 Å². The molecule has 6 heteroatoms. The monoisotopic (exact) mass is 282 g/mol. The molecule has 1 amide bonds. The summed E-state index contributed by atoms with van der Waals surface area (Å²) < 4.78 is 20.2. The van der Waals surface area contributed by atoms with Crippen LogP contribution in [0, 0.1) is 0 Å². The average Bonchev–Trinajstić information content (AvgIpc) is 2.39. The highest BCUT2D eigenvalue weighted by molar-refractivity contribution is 7.78. The summed E-state index contributed by atoms with van der Waals surface area (Å²) in [6, 6.07) is 5.13. The van der Waals surface area contributed by atoms with Crippen molar-refractivity contribution < 1.29 is 13.6 Å². The molecule has 3 N–H and O–H groups in total. The number of rotatable bonds is 4. The first-order valence-corrected chi connectivity index (χ1v) is 7.60. The molecule has 2 rings (SSSR count). The summed E-state index contributed by atoms with van der Waals surface area (Å²) in [5.41, 5.74) is 7.27. The summed E-state index contributed by atoms with van der Waals surface area (Å²) in [6.07, 6.45) is 3.47. The fraction of sp³-hybridized carbons (Fsp3) is 0.462. The van der Waals surface area contributed by atoms with Crippen LogP contribution in [-0.2, 0) is 16.8 Å². The number of amides is 1. The van der Waals surface area contributed by atoms with Crippen LogP contribution in [0.1, 0.15) is 35.2 Å². The van der Waals surface area contributed by atoms with Gasteiger partial charge in [-0.2, -0.15) is 0 Å². The van der Waals surface area contributed by atoms with Crippen molar-refractivity contribution in [2.24, 2.45) is 5.73 Å². The van der Waals surface area contributed by atoms with Crippen LogP contribution in [0.2, 0.25) is 0 Å². The number of carbonyl (C=O) groups is 1. The van der Waals surface area contributed by atoms with Gasteiger partial charge in [0.15, 0.2) is 11.1 Å². The maximum Gasteiger partial charge on any atom is 0.248 e. The van der Waals surface area contributed by atoms with Crippen LogP contribution in [0.3, 0.4) is 0 Å². The Morgan fingerprint density at radius 2 is 2.00 bits per heavy atom. The molecule has 5 nitrogen and oxygen atoms in total. The number of carbonyl (C=O) groups excluding carboxylic acids is 1. The SMILES string of the molecule is NC(=O)c1ccc(N2CCCCC2)c(CS(=O)O)c1. The van der Waals surface area contributed by atoms with Gasteiger partial charge < -0.3 is 15.2 Å². The fourth-order valence-electron chi connectivity index (χ4n) is 2.43. The predicted molar refractivity (Wildman–Crippen MR) is 75.5 cm³/mol. The molecule has 1 atom stereocenters. The lowest BCUT2D eigenvalue weighted by molar-refractivity contribution is 0.1000. The second-order valence-electron chi connectivity index (χ2n) is 4.72. The van der Waals surface area contributed by atoms with Gasteiger partial charge in [-0.15, -0.1) is 0 Å². The molecule has 0 aromatic heterocycles. The van der Waals surface area contributed by atoms with Crippen molar-refractivity contribution in [1.29, 1.82) is 0 Å². The third kappa shape index (κ3) is 3.54. The minimum atomic E-state index is -1.93. The molecule has 0 spiro atoms. The van der Waals surface area contributed by atoms with Gasteiger partial charge in [0.1, 0.15) is 0 Å². The van der Waals surface area contributed by atoms with Crippen molar-refractivity contribution >= 4 is 22.7 Å². The lowest BCUT2D eigenvalue weighted by Gasteiger charge is -2.30. The number of hydrogen-bond donors (Lipinski definition) is 2. The molecular weight excluding hydrogens is 264 g/mol. The van der Waals surface area contributed by atoms with E-state index in [0.717, 1.165) is 31.6 Å². The zero-order valence-corrected chi connectivity index (χ0v) is 11.5. The maximum atomic E-state index is 11.2. The molecule has 104 valence electrons. The van der Waals surface area contributed by atoms with E-state index in [9.17, 15) is 9.00 Å². The smallest absolute Gasteiger partial charge is 0.248 e. The standard InChI is InChI=1S/C13H18N2O3S/c14-13(16)10-4-5-12(11(8-10)9-19(17)18)15-6-2-1-3-7-15/h4-5,8H,1-3,6-7,9H2,(H2,14,16)(H,17,18). The Morgan fingerprint density at radius 3 is 2.58 bits per heavy atom. The molecule has 0 aliphatic carbocycles. The summed E-state index contributed by atoms with van der Waals surface area (Å²) in [7, 11) is 0. The Hall–Kier alpha value is -1.40. The van der Waals surface area contributed by atoms with Crippen LogP contribution in [-0.4, -0.2) is 27.8 Å². The molecule has 19 heavy (non-hydrogen) atoms. The molecule has 0 saturated carbocycles. The van der Waals surface area contributed by atoms with Crippen LogP contribution in [0.25, 0.3) is 0 Å². The van der Waals surface area contributed by atoms with Gasteiger partial charge in [0.05, 0.1) is 5.75 Å². The van der Waals surface area contributed by atoms with Gasteiger partial charge in [-0.05, 0) is 43.0 Å². The van der Waals surface area contributed by atoms with Crippen LogP contribution >= 0.6 is 0 Å². The molecule has 1 aromatic rings. The molecule has 0 bridgehead atoms. The maximum absolute atomic E-state index is 11.2. The van der Waals surface area contributed by atoms with E-state index in [4.69, 9.17) is 10.3 Å². The molecular formula is C13H18N2O3S. The number of primary amides is 1. The third-order valence-corrected chi connectivity index (χ3v) is 3.90. The number of nitrogens with two attached hydrogens (primary N) is 1. The van der Waals surface area contributed by atoms with Gasteiger partial charge in [0.2, 0.25) is 5.91 Å². The van der Waals surface area contributed by atoms with E-state index in [1.807, 2.05) is 6.07 Å². The first kappa shape index (κ1) is 14.0. The predicted octanol–water partition coefficient (Wildman–Crippen LogP) is 1.50. The first-order chi connectivity index (χ1) is 9.08. The molecule has 1 heterocycles. The van der Waals surface area contributed by atoms with Crippen molar-refractivity contribution in [3.05, 3.63) is 29.3 Å². The van der Waals surface area contributed by atoms with E-state index in [1.54, 1.807) is 12.1 Å². The second kappa shape index (κ2) is 6.16. The lowest BCUT2D eigenvalue weighted by Crippen LogP contribution is -2.30. The van der Waals surface area contributed by atoms with Crippen molar-refractivity contribution in [3.8, 4) is 0 Å². The van der Waals surface area contributed by atoms with Crippen LogP contribution in [0.5, 0.6) is 0 Å². The minimum Gasteiger partial charge on any atom is -0.371 e. The number of nitrogens with zero attached hydrogens (tertiary/aromatic N) is 1. The Morgan fingerprint density at radius 1 is 1.32 bits per heavy atom. The summed E-state index contributed by atoms with van der Waals surface area (Å²) >= 11 is -1.93. The van der Waals surface area contributed by atoms with E-state index in [2.05, 4.69) is 4.90 Å². The van der Waals surface area contributed by atoms with E-state index >= 15 is 0 Å². The van der Waals surface area contributed by atoms with Crippen molar-refractivity contribution in [2.45, 2.75) is 25.0 Å². The highest BCUT2D eigenvalue weighted by Crippen LogP contribution is 2.26. The Bertz CT molecular complexity index is 499. The summed E-state index contributed by atoms with van der Waals surface area (Å²) in [5, 5.41) is 0. The Balaban J connectivity index is 2.34. The van der Waals surface area contributed by atoms with E-state index in [1.165, 1.54) is 6.42 Å². The van der Waals surface area contributed by atoms with Crippen LogP contribution in [0.15, 0.2) is 18.2 Å². The van der Waals surface area contributed by atoms with Crippen LogP contribution in [0.4, 0.5) is 5.69 Å². The second-order valence-corrected chi connectivity index (χ2v) is 5.65. The molecule has 1 aromatic carbocycles. The van der Waals surface area contributed by atoms with Gasteiger partial charge in [-0.3, -0.25) is 4.79 Å². The molecule has 1 unspecified atom stereocenters. The van der Waals surface area contributed by atoms with Crippen molar-refractivity contribution in [3.63, 3.8) is 0 Å². The normalized spacial score (nSPS) is 17.2. The topological polar surface area (TPSA) is 83.6 Å². The highest BCUT2D eigenvalue weighted by atomic mass is 32.2. The molecule has 1 saturated heterocycles. The highest BCUT2D eigenvalue weighted by Gasteiger charge is 2.16. The average molecular weight is 282 g/mol. The fourth-order valence-corrected chi connectivity index (χ4v) is 2.93. The third-order valence-electron chi connectivity index (χ3n) is 3.34. The van der Waals surface area contributed by atoms with Crippen molar-refractivity contribution in [1.82, 2.24) is 0 Å². The Kier molecular flexibility index (Phi) is 4.55. The summed E-state index contributed by atoms with van der Waals surface area (Å²) in [4.78, 5) is 13.4. The number of anilines is 1. The van der Waals surface area contributed by atoms with E-state index < -0.39 is 17.0 Å². The van der Waals surface area contributed by atoms with Gasteiger partial charge in [0.25, 0.3) is 0 Å². The van der Waals surface area contributed by atoms with Gasteiger partial charge in [0, 0.05) is 24.3 Å². The zero-order valence-electron chi connectivity index (χ0n) is 10.7. The largest absolute Gasteiger partial charge is 0.371 e. The van der Waals surface area contributed by atoms with E-state index in [-0.39, 0.29) is 5.75 Å². The summed E-state index contributed by atoms with van der Waals surface area (Å²) in [6.45, 7) is 1.89. The molecule has 1 fully saturated rings. The lowest BCUT2D eigenvalue weighted by atomic mass is 10.1. The van der Waals surface area contributed by atoms with Gasteiger partial charge >= 0.3 is 0 Å².